The zero-order valence-electron chi connectivity index (χ0n) is 10.5. The molecular formula is C13H17N3OS. The highest BCUT2D eigenvalue weighted by Gasteiger charge is 2.16. The van der Waals surface area contributed by atoms with Gasteiger partial charge in [0.15, 0.2) is 11.5 Å². The fourth-order valence-electron chi connectivity index (χ4n) is 2.33. The van der Waals surface area contributed by atoms with Crippen LogP contribution in [0.5, 0.6) is 5.75 Å². The molecule has 3 rings (SSSR count). The van der Waals surface area contributed by atoms with E-state index in [2.05, 4.69) is 21.8 Å². The minimum absolute atomic E-state index is 0.755. The van der Waals surface area contributed by atoms with Crippen molar-refractivity contribution in [3.8, 4) is 5.75 Å². The van der Waals surface area contributed by atoms with Gasteiger partial charge in [0.25, 0.3) is 0 Å². The fraction of sp³-hybridized carbons (Fsp3) is 0.538. The summed E-state index contributed by atoms with van der Waals surface area (Å²) in [6.45, 7) is 0. The lowest BCUT2D eigenvalue weighted by molar-refractivity contribution is 0.414. The van der Waals surface area contributed by atoms with Gasteiger partial charge in [0, 0.05) is 18.7 Å². The highest BCUT2D eigenvalue weighted by molar-refractivity contribution is 7.99. The summed E-state index contributed by atoms with van der Waals surface area (Å²) in [5.41, 5.74) is 0.870. The van der Waals surface area contributed by atoms with E-state index in [0.29, 0.717) is 0 Å². The molecular weight excluding hydrogens is 246 g/mol. The Morgan fingerprint density at radius 2 is 2.28 bits per heavy atom. The zero-order valence-corrected chi connectivity index (χ0v) is 11.3. The summed E-state index contributed by atoms with van der Waals surface area (Å²) >= 11 is 2.06. The van der Waals surface area contributed by atoms with Crippen molar-refractivity contribution in [2.75, 3.05) is 18.6 Å². The van der Waals surface area contributed by atoms with Gasteiger partial charge < -0.3 is 4.74 Å². The van der Waals surface area contributed by atoms with Crippen LogP contribution >= 0.6 is 11.8 Å². The summed E-state index contributed by atoms with van der Waals surface area (Å²) in [6.07, 6.45) is 5.50. The molecule has 0 saturated carbocycles. The molecule has 3 heterocycles. The summed E-state index contributed by atoms with van der Waals surface area (Å²) in [5, 5.41) is 4.53. The van der Waals surface area contributed by atoms with Crippen LogP contribution in [0.25, 0.3) is 5.65 Å². The Balaban J connectivity index is 1.79. The summed E-state index contributed by atoms with van der Waals surface area (Å²) in [5.74, 6) is 5.11. The Morgan fingerprint density at radius 3 is 3.06 bits per heavy atom. The summed E-state index contributed by atoms with van der Waals surface area (Å²) < 4.78 is 7.03. The van der Waals surface area contributed by atoms with Crippen molar-refractivity contribution in [3.63, 3.8) is 0 Å². The molecule has 0 aliphatic carbocycles. The topological polar surface area (TPSA) is 39.4 Å². The number of hydrogen-bond acceptors (Lipinski definition) is 4. The lowest BCUT2D eigenvalue weighted by atomic mass is 9.99. The van der Waals surface area contributed by atoms with Crippen LogP contribution in [0.2, 0.25) is 0 Å². The number of pyridine rings is 1. The van der Waals surface area contributed by atoms with Gasteiger partial charge in [-0.1, -0.05) is 0 Å². The van der Waals surface area contributed by atoms with Crippen LogP contribution < -0.4 is 4.74 Å². The molecule has 1 fully saturated rings. The normalized spacial score (nSPS) is 17.2. The third-order valence-electron chi connectivity index (χ3n) is 3.40. The molecule has 5 heteroatoms. The molecule has 1 aliphatic rings. The Morgan fingerprint density at radius 1 is 1.44 bits per heavy atom. The van der Waals surface area contributed by atoms with E-state index in [9.17, 15) is 0 Å². The van der Waals surface area contributed by atoms with Crippen molar-refractivity contribution in [1.82, 2.24) is 14.6 Å². The Bertz CT molecular complexity index is 534. The maximum Gasteiger partial charge on any atom is 0.159 e. The number of methoxy groups -OCH3 is 1. The fourth-order valence-corrected chi connectivity index (χ4v) is 3.54. The number of ether oxygens (including phenoxy) is 1. The second-order valence-electron chi connectivity index (χ2n) is 4.66. The molecule has 0 N–H and O–H groups in total. The zero-order chi connectivity index (χ0) is 12.4. The molecule has 1 aliphatic heterocycles. The molecule has 96 valence electrons. The van der Waals surface area contributed by atoms with Gasteiger partial charge in [-0.25, -0.2) is 9.50 Å². The first kappa shape index (κ1) is 11.8. The Labute approximate surface area is 111 Å². The summed E-state index contributed by atoms with van der Waals surface area (Å²) in [7, 11) is 1.67. The second-order valence-corrected chi connectivity index (χ2v) is 5.88. The average Bonchev–Trinajstić information content (AvgIpc) is 2.80. The Hall–Kier alpha value is -1.23. The van der Waals surface area contributed by atoms with E-state index in [1.165, 1.54) is 24.3 Å². The van der Waals surface area contributed by atoms with Gasteiger partial charge in [0.1, 0.15) is 5.75 Å². The minimum atomic E-state index is 0.755. The Kier molecular flexibility index (Phi) is 3.41. The number of thioether (sulfide) groups is 1. The minimum Gasteiger partial charge on any atom is -0.497 e. The van der Waals surface area contributed by atoms with Gasteiger partial charge in [-0.2, -0.15) is 16.9 Å². The van der Waals surface area contributed by atoms with E-state index in [1.807, 2.05) is 22.8 Å². The lowest BCUT2D eigenvalue weighted by Crippen LogP contribution is -2.13. The maximum atomic E-state index is 5.20. The highest BCUT2D eigenvalue weighted by Crippen LogP contribution is 2.25. The monoisotopic (exact) mass is 263 g/mol. The first-order valence-corrected chi connectivity index (χ1v) is 7.47. The van der Waals surface area contributed by atoms with E-state index in [4.69, 9.17) is 4.74 Å². The lowest BCUT2D eigenvalue weighted by Gasteiger charge is -2.19. The van der Waals surface area contributed by atoms with Crippen molar-refractivity contribution >= 4 is 17.4 Å². The van der Waals surface area contributed by atoms with Crippen LogP contribution in [0.3, 0.4) is 0 Å². The quantitative estimate of drug-likeness (QED) is 0.852. The third-order valence-corrected chi connectivity index (χ3v) is 4.45. The van der Waals surface area contributed by atoms with Crippen molar-refractivity contribution in [1.29, 1.82) is 0 Å². The number of nitrogens with zero attached hydrogens (tertiary/aromatic N) is 3. The molecule has 0 bridgehead atoms. The van der Waals surface area contributed by atoms with Gasteiger partial charge in [0.05, 0.1) is 7.11 Å². The van der Waals surface area contributed by atoms with Crippen LogP contribution in [-0.2, 0) is 6.42 Å². The van der Waals surface area contributed by atoms with Crippen LogP contribution in [-0.4, -0.2) is 33.2 Å². The summed E-state index contributed by atoms with van der Waals surface area (Å²) in [4.78, 5) is 4.58. The van der Waals surface area contributed by atoms with E-state index >= 15 is 0 Å². The highest BCUT2D eigenvalue weighted by atomic mass is 32.2. The van der Waals surface area contributed by atoms with Crippen molar-refractivity contribution in [2.45, 2.75) is 19.3 Å². The molecule has 0 atom stereocenters. The number of fused-ring (bicyclic) bond motifs is 1. The van der Waals surface area contributed by atoms with Crippen LogP contribution in [0.1, 0.15) is 18.7 Å². The third kappa shape index (κ3) is 2.46. The van der Waals surface area contributed by atoms with Crippen molar-refractivity contribution in [3.05, 3.63) is 24.2 Å². The summed E-state index contributed by atoms with van der Waals surface area (Å²) in [6, 6.07) is 3.83. The molecule has 2 aromatic rings. The number of aromatic nitrogens is 3. The molecule has 0 unspecified atom stereocenters. The SMILES string of the molecule is COc1ccn2nc(CC3CCSCC3)nc2c1. The van der Waals surface area contributed by atoms with Gasteiger partial charge in [-0.05, 0) is 36.3 Å². The van der Waals surface area contributed by atoms with E-state index in [0.717, 1.165) is 29.6 Å². The van der Waals surface area contributed by atoms with Crippen LogP contribution in [0, 0.1) is 5.92 Å². The van der Waals surface area contributed by atoms with E-state index < -0.39 is 0 Å². The van der Waals surface area contributed by atoms with E-state index in [1.54, 1.807) is 7.11 Å². The van der Waals surface area contributed by atoms with Crippen LogP contribution in [0.15, 0.2) is 18.3 Å². The molecule has 0 amide bonds. The van der Waals surface area contributed by atoms with Crippen LogP contribution in [0.4, 0.5) is 0 Å². The molecule has 18 heavy (non-hydrogen) atoms. The first-order valence-electron chi connectivity index (χ1n) is 6.32. The first-order chi connectivity index (χ1) is 8.85. The molecule has 0 aromatic carbocycles. The smallest absolute Gasteiger partial charge is 0.159 e. The van der Waals surface area contributed by atoms with Gasteiger partial charge in [-0.3, -0.25) is 0 Å². The van der Waals surface area contributed by atoms with E-state index in [-0.39, 0.29) is 0 Å². The molecule has 2 aromatic heterocycles. The average molecular weight is 263 g/mol. The molecule has 0 radical (unpaired) electrons. The van der Waals surface area contributed by atoms with Gasteiger partial charge in [0.2, 0.25) is 0 Å². The molecule has 1 saturated heterocycles. The predicted molar refractivity (Wildman–Crippen MR) is 73.3 cm³/mol. The maximum absolute atomic E-state index is 5.20. The molecule has 0 spiro atoms. The second kappa shape index (κ2) is 5.18. The molecule has 4 nitrogen and oxygen atoms in total. The van der Waals surface area contributed by atoms with Crippen molar-refractivity contribution in [2.24, 2.45) is 5.92 Å². The predicted octanol–water partition coefficient (Wildman–Crippen LogP) is 2.42. The number of hydrogen-bond donors (Lipinski definition) is 0. The van der Waals surface area contributed by atoms with Crippen molar-refractivity contribution < 1.29 is 4.74 Å². The number of rotatable bonds is 3. The van der Waals surface area contributed by atoms with Gasteiger partial charge >= 0.3 is 0 Å². The largest absolute Gasteiger partial charge is 0.497 e. The standard InChI is InChI=1S/C13H17N3OS/c1-17-11-2-5-16-13(9-11)14-12(15-16)8-10-3-6-18-7-4-10/h2,5,9-10H,3-4,6-8H2,1H3. The van der Waals surface area contributed by atoms with Gasteiger partial charge in [-0.15, -0.1) is 0 Å².